The highest BCUT2D eigenvalue weighted by atomic mass is 32.1. The predicted molar refractivity (Wildman–Crippen MR) is 118 cm³/mol. The van der Waals surface area contributed by atoms with Gasteiger partial charge in [0.2, 0.25) is 17.7 Å². The number of phenolic OH excluding ortho intramolecular Hbond substituents is 1. The molecule has 1 aliphatic rings. The maximum absolute atomic E-state index is 11.6. The first-order valence-electron chi connectivity index (χ1n) is 9.10. The maximum Gasteiger partial charge on any atom is 0.233 e. The monoisotopic (exact) mass is 402 g/mol. The van der Waals surface area contributed by atoms with Crippen LogP contribution in [0.5, 0.6) is 5.75 Å². The number of amides is 1. The number of aromatic nitrogens is 1. The molecule has 3 aromatic rings. The largest absolute Gasteiger partial charge is 0.507 e. The Labute approximate surface area is 173 Å². The second-order valence-electron chi connectivity index (χ2n) is 6.61. The van der Waals surface area contributed by atoms with Crippen molar-refractivity contribution in [2.24, 2.45) is 0 Å². The van der Waals surface area contributed by atoms with Crippen LogP contribution in [0, 0.1) is 0 Å². The van der Waals surface area contributed by atoms with Gasteiger partial charge in [0.15, 0.2) is 0 Å². The van der Waals surface area contributed by atoms with Crippen LogP contribution in [0.4, 0.5) is 5.88 Å². The van der Waals surface area contributed by atoms with Gasteiger partial charge in [0, 0.05) is 23.8 Å². The summed E-state index contributed by atoms with van der Waals surface area (Å²) in [5.41, 5.74) is 3.48. The summed E-state index contributed by atoms with van der Waals surface area (Å²) in [6, 6.07) is 15.1. The minimum absolute atomic E-state index is 0.0358. The first-order valence-corrected chi connectivity index (χ1v) is 9.51. The number of aromatic hydroxyl groups is 1. The zero-order valence-electron chi connectivity index (χ0n) is 15.7. The number of benzene rings is 2. The van der Waals surface area contributed by atoms with E-state index < -0.39 is 0 Å². The molecule has 0 bridgehead atoms. The van der Waals surface area contributed by atoms with Gasteiger partial charge in [-0.1, -0.05) is 66.8 Å². The van der Waals surface area contributed by atoms with Crippen molar-refractivity contribution in [2.75, 3.05) is 5.32 Å². The Kier molecular flexibility index (Phi) is 5.10. The average molecular weight is 402 g/mol. The lowest BCUT2D eigenvalue weighted by Crippen LogP contribution is -2.09. The molecular formula is C23H18N2O3S. The summed E-state index contributed by atoms with van der Waals surface area (Å²) in [6.45, 7) is 1.39. The molecule has 29 heavy (non-hydrogen) atoms. The quantitative estimate of drug-likeness (QED) is 0.573. The number of hydrogen-bond donors (Lipinski definition) is 2. The van der Waals surface area contributed by atoms with E-state index >= 15 is 0 Å². The topological polar surface area (TPSA) is 75.4 Å². The fourth-order valence-electron chi connectivity index (χ4n) is 3.14. The lowest BCUT2D eigenvalue weighted by Gasteiger charge is -2.09. The minimum Gasteiger partial charge on any atom is -0.507 e. The van der Waals surface area contributed by atoms with Crippen LogP contribution in [0.2, 0.25) is 0 Å². The number of rotatable bonds is 4. The van der Waals surface area contributed by atoms with Crippen molar-refractivity contribution in [3.63, 3.8) is 0 Å². The van der Waals surface area contributed by atoms with Crippen LogP contribution in [0.15, 0.2) is 71.2 Å². The summed E-state index contributed by atoms with van der Waals surface area (Å²) in [5, 5.41) is 13.3. The number of carbonyl (C=O) groups excluding carboxylic acids is 1. The Morgan fingerprint density at radius 2 is 1.97 bits per heavy atom. The SMILES string of the molecule is CC(=O)Nc1oc(-c2ccc(-c3ccccc3)cc2O)nc1C1=CC=CCC1=S. The minimum atomic E-state index is -0.282. The van der Waals surface area contributed by atoms with Gasteiger partial charge in [0.25, 0.3) is 0 Å². The number of phenols is 1. The summed E-state index contributed by atoms with van der Waals surface area (Å²) in [7, 11) is 0. The molecular weight excluding hydrogens is 384 g/mol. The van der Waals surface area contributed by atoms with Gasteiger partial charge in [-0.2, -0.15) is 0 Å². The van der Waals surface area contributed by atoms with Gasteiger partial charge in [0.05, 0.1) is 5.56 Å². The molecule has 0 atom stereocenters. The van der Waals surface area contributed by atoms with Crippen molar-refractivity contribution >= 4 is 34.4 Å². The Morgan fingerprint density at radius 1 is 1.17 bits per heavy atom. The second kappa shape index (κ2) is 7.85. The smallest absolute Gasteiger partial charge is 0.233 e. The molecule has 1 heterocycles. The highest BCUT2D eigenvalue weighted by Crippen LogP contribution is 2.37. The van der Waals surface area contributed by atoms with Crippen molar-refractivity contribution in [3.05, 3.63) is 72.5 Å². The van der Waals surface area contributed by atoms with Crippen LogP contribution < -0.4 is 5.32 Å². The Balaban J connectivity index is 1.77. The van der Waals surface area contributed by atoms with Crippen LogP contribution in [0.3, 0.4) is 0 Å². The van der Waals surface area contributed by atoms with Crippen molar-refractivity contribution in [2.45, 2.75) is 13.3 Å². The van der Waals surface area contributed by atoms with Crippen molar-refractivity contribution in [1.29, 1.82) is 0 Å². The number of hydrogen-bond acceptors (Lipinski definition) is 5. The molecule has 6 heteroatoms. The molecule has 1 aliphatic carbocycles. The Bertz CT molecular complexity index is 1160. The molecule has 0 saturated carbocycles. The highest BCUT2D eigenvalue weighted by molar-refractivity contribution is 7.81. The molecule has 1 amide bonds. The van der Waals surface area contributed by atoms with Gasteiger partial charge < -0.3 is 9.52 Å². The van der Waals surface area contributed by atoms with Gasteiger partial charge in [-0.15, -0.1) is 0 Å². The van der Waals surface area contributed by atoms with Crippen molar-refractivity contribution in [1.82, 2.24) is 4.98 Å². The van der Waals surface area contributed by atoms with Gasteiger partial charge in [-0.3, -0.25) is 10.1 Å². The highest BCUT2D eigenvalue weighted by Gasteiger charge is 2.23. The number of oxazole rings is 1. The predicted octanol–water partition coefficient (Wildman–Crippen LogP) is 5.39. The molecule has 0 aliphatic heterocycles. The average Bonchev–Trinajstić information content (AvgIpc) is 3.11. The third kappa shape index (κ3) is 3.88. The van der Waals surface area contributed by atoms with Crippen LogP contribution >= 0.6 is 12.2 Å². The van der Waals surface area contributed by atoms with Crippen LogP contribution in [0.25, 0.3) is 28.2 Å². The van der Waals surface area contributed by atoms with Gasteiger partial charge >= 0.3 is 0 Å². The molecule has 2 aromatic carbocycles. The first-order chi connectivity index (χ1) is 14.0. The number of anilines is 1. The van der Waals surface area contributed by atoms with Crippen molar-refractivity contribution in [3.8, 4) is 28.3 Å². The summed E-state index contributed by atoms with van der Waals surface area (Å²) >= 11 is 5.44. The third-order valence-electron chi connectivity index (χ3n) is 4.51. The van der Waals surface area contributed by atoms with E-state index in [-0.39, 0.29) is 23.4 Å². The van der Waals surface area contributed by atoms with E-state index in [1.165, 1.54) is 6.92 Å². The van der Waals surface area contributed by atoms with E-state index in [0.717, 1.165) is 16.7 Å². The van der Waals surface area contributed by atoms with Crippen LogP contribution in [-0.4, -0.2) is 20.9 Å². The number of carbonyl (C=O) groups is 1. The maximum atomic E-state index is 11.6. The zero-order valence-corrected chi connectivity index (χ0v) is 16.5. The molecule has 0 saturated heterocycles. The Hall–Kier alpha value is -3.51. The molecule has 5 nitrogen and oxygen atoms in total. The molecule has 144 valence electrons. The van der Waals surface area contributed by atoms with Gasteiger partial charge in [-0.05, 0) is 23.3 Å². The summed E-state index contributed by atoms with van der Waals surface area (Å²) < 4.78 is 5.81. The first kappa shape index (κ1) is 18.8. The van der Waals surface area contributed by atoms with Gasteiger partial charge in [0.1, 0.15) is 11.4 Å². The van der Waals surface area contributed by atoms with E-state index in [1.54, 1.807) is 12.1 Å². The molecule has 0 fully saturated rings. The standard InChI is InChI=1S/C23H18N2O3S/c1-14(26)24-23-21(18-9-5-6-10-20(18)29)25-22(28-23)17-12-11-16(13-19(17)27)15-7-3-2-4-8-15/h2-9,11-13,27H,10H2,1H3,(H,24,26). The number of nitrogens with one attached hydrogen (secondary N) is 1. The molecule has 4 rings (SSSR count). The fraction of sp³-hybridized carbons (Fsp3) is 0.0870. The third-order valence-corrected chi connectivity index (χ3v) is 4.90. The number of allylic oxidation sites excluding steroid dienone is 4. The van der Waals surface area contributed by atoms with Crippen LogP contribution in [-0.2, 0) is 4.79 Å². The molecule has 0 unspecified atom stereocenters. The van der Waals surface area contributed by atoms with Crippen molar-refractivity contribution < 1.29 is 14.3 Å². The van der Waals surface area contributed by atoms with E-state index in [0.29, 0.717) is 22.5 Å². The van der Waals surface area contributed by atoms with E-state index in [1.807, 2.05) is 54.6 Å². The lowest BCUT2D eigenvalue weighted by molar-refractivity contribution is -0.114. The molecule has 2 N–H and O–H groups in total. The van der Waals surface area contributed by atoms with E-state index in [4.69, 9.17) is 16.6 Å². The van der Waals surface area contributed by atoms with Gasteiger partial charge in [-0.25, -0.2) is 4.98 Å². The van der Waals surface area contributed by atoms with E-state index in [9.17, 15) is 9.90 Å². The fourth-order valence-corrected chi connectivity index (χ4v) is 3.40. The van der Waals surface area contributed by atoms with Crippen LogP contribution in [0.1, 0.15) is 19.0 Å². The normalized spacial score (nSPS) is 13.3. The molecule has 0 radical (unpaired) electrons. The van der Waals surface area contributed by atoms with E-state index in [2.05, 4.69) is 10.3 Å². The number of nitrogens with zero attached hydrogens (tertiary/aromatic N) is 1. The summed E-state index contributed by atoms with van der Waals surface area (Å²) in [4.78, 5) is 16.9. The molecule has 0 spiro atoms. The summed E-state index contributed by atoms with van der Waals surface area (Å²) in [5.74, 6) is 0.172. The second-order valence-corrected chi connectivity index (χ2v) is 7.10. The number of thiocarbonyl (C=S) groups is 1. The Morgan fingerprint density at radius 3 is 2.66 bits per heavy atom. The zero-order chi connectivity index (χ0) is 20.4. The lowest BCUT2D eigenvalue weighted by atomic mass is 10.0. The molecule has 1 aromatic heterocycles. The summed E-state index contributed by atoms with van der Waals surface area (Å²) in [6.07, 6.45) is 6.32.